The molecule has 1 aliphatic heterocycles. The van der Waals surface area contributed by atoms with Gasteiger partial charge in [0.15, 0.2) is 6.29 Å². The van der Waals surface area contributed by atoms with Gasteiger partial charge in [0.1, 0.15) is 29.9 Å². The highest BCUT2D eigenvalue weighted by molar-refractivity contribution is 8.00. The summed E-state index contributed by atoms with van der Waals surface area (Å²) < 4.78 is 41.8. The zero-order valence-corrected chi connectivity index (χ0v) is 23.3. The van der Waals surface area contributed by atoms with Crippen LogP contribution in [0.4, 0.5) is 14.5 Å². The number of hydrogen-bond donors (Lipinski definition) is 2. The van der Waals surface area contributed by atoms with E-state index in [4.69, 9.17) is 14.7 Å². The molecule has 3 aromatic carbocycles. The number of nitriles is 1. The summed E-state index contributed by atoms with van der Waals surface area (Å²) in [7, 11) is 0. The second-order valence-corrected chi connectivity index (χ2v) is 11.5. The molecular formula is C30H27F2N5O4S. The fourth-order valence-corrected chi connectivity index (χ4v) is 5.97. The van der Waals surface area contributed by atoms with Gasteiger partial charge >= 0.3 is 0 Å². The highest BCUT2D eigenvalue weighted by Crippen LogP contribution is 2.39. The number of ether oxygens (including phenoxy) is 2. The van der Waals surface area contributed by atoms with Gasteiger partial charge in [-0.2, -0.15) is 10.4 Å². The van der Waals surface area contributed by atoms with Gasteiger partial charge in [0.2, 0.25) is 0 Å². The molecule has 5 rings (SSSR count). The molecule has 0 bridgehead atoms. The van der Waals surface area contributed by atoms with Gasteiger partial charge < -0.3 is 19.9 Å². The average Bonchev–Trinajstić information content (AvgIpc) is 3.50. The van der Waals surface area contributed by atoms with E-state index in [1.54, 1.807) is 55.5 Å². The van der Waals surface area contributed by atoms with Crippen LogP contribution in [-0.4, -0.2) is 49.5 Å². The molecule has 0 spiro atoms. The standard InChI is InChI=1S/C30H27F2N5O4S/c1-19(30(39,16-37-18-34-17-35-37)26-10-7-23(31)12-27(26)32)42-25-14-40-29(41-15-25)22-4-2-3-21(11-22)28(38)36-24-8-5-20(13-33)6-9-24/h2-12,17-19,25,29,39H,14-16H2,1H3,(H,36,38)/t19-,25?,29?,30-/m1/s1. The first-order chi connectivity index (χ1) is 20.2. The molecule has 2 N–H and O–H groups in total. The monoisotopic (exact) mass is 591 g/mol. The van der Waals surface area contributed by atoms with Crippen LogP contribution in [0.25, 0.3) is 0 Å². The predicted molar refractivity (Wildman–Crippen MR) is 151 cm³/mol. The number of anilines is 1. The smallest absolute Gasteiger partial charge is 0.255 e. The Balaban J connectivity index is 1.23. The third kappa shape index (κ3) is 6.66. The minimum Gasteiger partial charge on any atom is -0.382 e. The molecule has 0 unspecified atom stereocenters. The van der Waals surface area contributed by atoms with Crippen LogP contribution in [0.1, 0.15) is 40.3 Å². The van der Waals surface area contributed by atoms with E-state index in [0.29, 0.717) is 22.4 Å². The number of nitrogens with one attached hydrogen (secondary N) is 1. The molecule has 1 fully saturated rings. The van der Waals surface area contributed by atoms with Crippen molar-refractivity contribution < 1.29 is 28.2 Å². The topological polar surface area (TPSA) is 122 Å². The maximum Gasteiger partial charge on any atom is 0.255 e. The Hall–Kier alpha value is -4.15. The number of aromatic nitrogens is 3. The van der Waals surface area contributed by atoms with E-state index in [1.807, 2.05) is 6.07 Å². The Labute approximate surface area is 245 Å². The number of hydrogen-bond acceptors (Lipinski definition) is 8. The lowest BCUT2D eigenvalue weighted by Gasteiger charge is -2.37. The first kappa shape index (κ1) is 29.3. The van der Waals surface area contributed by atoms with Gasteiger partial charge in [0.05, 0.1) is 36.6 Å². The maximum absolute atomic E-state index is 14.9. The van der Waals surface area contributed by atoms with Crippen molar-refractivity contribution in [3.8, 4) is 6.07 Å². The number of halogens is 2. The molecule has 1 aliphatic rings. The number of carbonyl (C=O) groups excluding carboxylic acids is 1. The summed E-state index contributed by atoms with van der Waals surface area (Å²) in [6.45, 7) is 2.20. The Morgan fingerprint density at radius 3 is 2.62 bits per heavy atom. The van der Waals surface area contributed by atoms with Crippen LogP contribution in [0.3, 0.4) is 0 Å². The quantitative estimate of drug-likeness (QED) is 0.285. The van der Waals surface area contributed by atoms with Gasteiger partial charge in [-0.25, -0.2) is 18.4 Å². The third-order valence-electron chi connectivity index (χ3n) is 6.90. The normalized spacial score (nSPS) is 18.9. The van der Waals surface area contributed by atoms with Crippen molar-refractivity contribution >= 4 is 23.4 Å². The SMILES string of the molecule is C[C@@H](SC1COC(c2cccc(C(=O)Nc3ccc(C#N)cc3)c2)OC1)[C@](O)(Cn1cncn1)c1ccc(F)cc1F. The van der Waals surface area contributed by atoms with Crippen molar-refractivity contribution in [2.24, 2.45) is 0 Å². The molecule has 4 aromatic rings. The average molecular weight is 592 g/mol. The van der Waals surface area contributed by atoms with Crippen molar-refractivity contribution in [1.82, 2.24) is 14.8 Å². The van der Waals surface area contributed by atoms with Crippen LogP contribution >= 0.6 is 11.8 Å². The van der Waals surface area contributed by atoms with E-state index in [2.05, 4.69) is 15.4 Å². The number of carbonyl (C=O) groups is 1. The van der Waals surface area contributed by atoms with Crippen LogP contribution in [0, 0.1) is 23.0 Å². The number of amides is 1. The lowest BCUT2D eigenvalue weighted by molar-refractivity contribution is -0.180. The second-order valence-electron chi connectivity index (χ2n) is 9.81. The first-order valence-corrected chi connectivity index (χ1v) is 14.0. The summed E-state index contributed by atoms with van der Waals surface area (Å²) in [5.41, 5.74) is 0.335. The molecule has 0 saturated carbocycles. The summed E-state index contributed by atoms with van der Waals surface area (Å²) in [4.78, 5) is 16.7. The molecule has 1 saturated heterocycles. The molecule has 1 aromatic heterocycles. The molecule has 0 radical (unpaired) electrons. The first-order valence-electron chi connectivity index (χ1n) is 13.1. The van der Waals surface area contributed by atoms with Gasteiger partial charge in [-0.3, -0.25) is 4.79 Å². The molecular weight excluding hydrogens is 564 g/mol. The minimum absolute atomic E-state index is 0.0500. The molecule has 2 heterocycles. The van der Waals surface area contributed by atoms with E-state index in [-0.39, 0.29) is 36.5 Å². The van der Waals surface area contributed by atoms with Crippen molar-refractivity contribution in [1.29, 1.82) is 5.26 Å². The van der Waals surface area contributed by atoms with E-state index < -0.39 is 28.8 Å². The zero-order valence-electron chi connectivity index (χ0n) is 22.5. The van der Waals surface area contributed by atoms with E-state index in [0.717, 1.165) is 12.1 Å². The van der Waals surface area contributed by atoms with E-state index >= 15 is 0 Å². The van der Waals surface area contributed by atoms with Gasteiger partial charge in [0, 0.05) is 33.7 Å². The minimum atomic E-state index is -1.75. The largest absolute Gasteiger partial charge is 0.382 e. The summed E-state index contributed by atoms with van der Waals surface area (Å²) in [6.07, 6.45) is 2.02. The highest BCUT2D eigenvalue weighted by atomic mass is 32.2. The summed E-state index contributed by atoms with van der Waals surface area (Å²) in [5.74, 6) is -1.92. The molecule has 0 aliphatic carbocycles. The van der Waals surface area contributed by atoms with Crippen LogP contribution in [0.15, 0.2) is 79.4 Å². The number of thioether (sulfide) groups is 1. The van der Waals surface area contributed by atoms with Crippen LogP contribution in [-0.2, 0) is 21.6 Å². The van der Waals surface area contributed by atoms with Crippen molar-refractivity contribution in [3.63, 3.8) is 0 Å². The molecule has 2 atom stereocenters. The second kappa shape index (κ2) is 12.8. The molecule has 42 heavy (non-hydrogen) atoms. The van der Waals surface area contributed by atoms with Crippen LogP contribution in [0.5, 0.6) is 0 Å². The Morgan fingerprint density at radius 1 is 1.19 bits per heavy atom. The Bertz CT molecular complexity index is 1570. The number of aliphatic hydroxyl groups is 1. The Kier molecular flexibility index (Phi) is 8.94. The van der Waals surface area contributed by atoms with Gasteiger partial charge in [-0.1, -0.05) is 25.1 Å². The maximum atomic E-state index is 14.9. The molecule has 12 heteroatoms. The summed E-state index contributed by atoms with van der Waals surface area (Å²) >= 11 is 1.36. The summed E-state index contributed by atoms with van der Waals surface area (Å²) in [6, 6.07) is 18.6. The number of rotatable bonds is 9. The fourth-order valence-electron chi connectivity index (χ4n) is 4.65. The highest BCUT2D eigenvalue weighted by Gasteiger charge is 2.41. The van der Waals surface area contributed by atoms with E-state index in [1.165, 1.54) is 35.2 Å². The van der Waals surface area contributed by atoms with E-state index in [9.17, 15) is 18.7 Å². The van der Waals surface area contributed by atoms with Crippen molar-refractivity contribution in [2.75, 3.05) is 18.5 Å². The van der Waals surface area contributed by atoms with Gasteiger partial charge in [-0.15, -0.1) is 11.8 Å². The van der Waals surface area contributed by atoms with Crippen LogP contribution < -0.4 is 5.32 Å². The third-order valence-corrected chi connectivity index (χ3v) is 8.35. The number of benzene rings is 3. The Morgan fingerprint density at radius 2 is 1.95 bits per heavy atom. The van der Waals surface area contributed by atoms with Crippen molar-refractivity contribution in [3.05, 3.63) is 113 Å². The summed E-state index contributed by atoms with van der Waals surface area (Å²) in [5, 5.41) is 26.8. The lowest BCUT2D eigenvalue weighted by atomic mass is 9.90. The molecule has 9 nitrogen and oxygen atoms in total. The zero-order chi connectivity index (χ0) is 29.7. The molecule has 216 valence electrons. The van der Waals surface area contributed by atoms with Crippen LogP contribution in [0.2, 0.25) is 0 Å². The van der Waals surface area contributed by atoms with Gasteiger partial charge in [-0.05, 0) is 42.5 Å². The van der Waals surface area contributed by atoms with Gasteiger partial charge in [0.25, 0.3) is 5.91 Å². The van der Waals surface area contributed by atoms with Crippen molar-refractivity contribution in [2.45, 2.75) is 35.9 Å². The lowest BCUT2D eigenvalue weighted by Crippen LogP contribution is -2.43. The fraction of sp³-hybridized carbons (Fsp3) is 0.267. The molecule has 1 amide bonds. The predicted octanol–water partition coefficient (Wildman–Crippen LogP) is 4.80. The number of nitrogens with zero attached hydrogens (tertiary/aromatic N) is 4.